The van der Waals surface area contributed by atoms with Crippen LogP contribution in [0.3, 0.4) is 0 Å². The average Bonchev–Trinajstić information content (AvgIpc) is 2.25. The van der Waals surface area contributed by atoms with Crippen molar-refractivity contribution >= 4 is 23.4 Å². The molecule has 0 spiro atoms. The third kappa shape index (κ3) is 3.59. The minimum absolute atomic E-state index is 0.186. The molecule has 0 bridgehead atoms. The molecule has 0 aliphatic carbocycles. The van der Waals surface area contributed by atoms with Crippen molar-refractivity contribution in [1.82, 2.24) is 10.9 Å². The lowest BCUT2D eigenvalue weighted by molar-refractivity contribution is -0.119. The normalized spacial score (nSPS) is 9.47. The molecule has 0 aliphatic rings. The van der Waals surface area contributed by atoms with Crippen molar-refractivity contribution in [3.8, 4) is 0 Å². The van der Waals surface area contributed by atoms with Crippen LogP contribution < -0.4 is 10.9 Å². The molecule has 1 aromatic carbocycles. The van der Waals surface area contributed by atoms with Crippen LogP contribution in [0.4, 0.5) is 0 Å². The van der Waals surface area contributed by atoms with Gasteiger partial charge >= 0.3 is 0 Å². The van der Waals surface area contributed by atoms with Crippen LogP contribution >= 0.6 is 11.6 Å². The molecule has 0 radical (unpaired) electrons. The number of nitrogens with one attached hydrogen (secondary N) is 2. The number of aryl methyl sites for hydroxylation is 1. The molecule has 2 amide bonds. The monoisotopic (exact) mass is 226 g/mol. The number of hydrogen-bond donors (Lipinski definition) is 2. The summed E-state index contributed by atoms with van der Waals surface area (Å²) in [7, 11) is 0. The maximum absolute atomic E-state index is 11.4. The Morgan fingerprint density at radius 3 is 2.67 bits per heavy atom. The summed E-state index contributed by atoms with van der Waals surface area (Å²) in [6.07, 6.45) is 0. The number of benzene rings is 1. The zero-order chi connectivity index (χ0) is 11.3. The summed E-state index contributed by atoms with van der Waals surface area (Å²) < 4.78 is 0. The highest BCUT2D eigenvalue weighted by atomic mass is 35.5. The van der Waals surface area contributed by atoms with Crippen LogP contribution in [0.1, 0.15) is 15.9 Å². The number of carbonyl (C=O) groups excluding carboxylic acids is 2. The standard InChI is InChI=1S/C10H11ClN2O2/c1-7-3-2-4-8(5-7)10(15)13-12-9(14)6-11/h2-5H,6H2,1H3,(H,12,14)(H,13,15). The molecule has 0 aliphatic heterocycles. The van der Waals surface area contributed by atoms with Crippen molar-refractivity contribution in [2.45, 2.75) is 6.92 Å². The molecule has 0 aromatic heterocycles. The number of carbonyl (C=O) groups is 2. The average molecular weight is 227 g/mol. The third-order valence-electron chi connectivity index (χ3n) is 1.72. The molecule has 0 saturated carbocycles. The Hall–Kier alpha value is -1.55. The molecule has 1 rings (SSSR count). The number of halogens is 1. The highest BCUT2D eigenvalue weighted by Gasteiger charge is 2.05. The Labute approximate surface area is 92.6 Å². The number of hydrazine groups is 1. The predicted molar refractivity (Wildman–Crippen MR) is 57.5 cm³/mol. The van der Waals surface area contributed by atoms with E-state index in [1.807, 2.05) is 13.0 Å². The minimum atomic E-state index is -0.447. The first-order valence-electron chi connectivity index (χ1n) is 4.35. The largest absolute Gasteiger partial charge is 0.272 e. The first kappa shape index (κ1) is 11.5. The summed E-state index contributed by atoms with van der Waals surface area (Å²) in [5.74, 6) is -0.997. The zero-order valence-electron chi connectivity index (χ0n) is 8.21. The van der Waals surface area contributed by atoms with Gasteiger partial charge in [-0.15, -0.1) is 11.6 Å². The highest BCUT2D eigenvalue weighted by molar-refractivity contribution is 6.27. The van der Waals surface area contributed by atoms with Crippen LogP contribution in [0.5, 0.6) is 0 Å². The summed E-state index contributed by atoms with van der Waals surface area (Å²) >= 11 is 5.24. The Morgan fingerprint density at radius 1 is 1.33 bits per heavy atom. The van der Waals surface area contributed by atoms with Gasteiger partial charge in [-0.1, -0.05) is 17.7 Å². The summed E-state index contributed by atoms with van der Waals surface area (Å²) in [5.41, 5.74) is 5.90. The molecule has 0 heterocycles. The lowest BCUT2D eigenvalue weighted by Crippen LogP contribution is -2.42. The van der Waals surface area contributed by atoms with E-state index in [1.54, 1.807) is 18.2 Å². The maximum atomic E-state index is 11.4. The van der Waals surface area contributed by atoms with E-state index in [1.165, 1.54) is 0 Å². The molecule has 0 unspecified atom stereocenters. The second kappa shape index (κ2) is 5.36. The van der Waals surface area contributed by atoms with E-state index >= 15 is 0 Å². The fourth-order valence-electron chi connectivity index (χ4n) is 1.02. The van der Waals surface area contributed by atoms with Gasteiger partial charge in [0.05, 0.1) is 0 Å². The van der Waals surface area contributed by atoms with Gasteiger partial charge in [0, 0.05) is 5.56 Å². The molecule has 15 heavy (non-hydrogen) atoms. The Kier molecular flexibility index (Phi) is 4.12. The summed E-state index contributed by atoms with van der Waals surface area (Å²) in [4.78, 5) is 22.2. The van der Waals surface area contributed by atoms with Crippen molar-refractivity contribution in [1.29, 1.82) is 0 Å². The lowest BCUT2D eigenvalue weighted by atomic mass is 10.1. The van der Waals surface area contributed by atoms with E-state index in [-0.39, 0.29) is 11.8 Å². The van der Waals surface area contributed by atoms with Crippen molar-refractivity contribution in [3.63, 3.8) is 0 Å². The van der Waals surface area contributed by atoms with Crippen LogP contribution in [-0.2, 0) is 4.79 Å². The first-order valence-corrected chi connectivity index (χ1v) is 4.88. The van der Waals surface area contributed by atoms with Gasteiger partial charge in [0.1, 0.15) is 5.88 Å². The van der Waals surface area contributed by atoms with Crippen molar-refractivity contribution in [3.05, 3.63) is 35.4 Å². The van der Waals surface area contributed by atoms with E-state index in [2.05, 4.69) is 10.9 Å². The van der Waals surface area contributed by atoms with E-state index in [0.29, 0.717) is 5.56 Å². The number of amides is 2. The SMILES string of the molecule is Cc1cccc(C(=O)NNC(=O)CCl)c1. The van der Waals surface area contributed by atoms with Gasteiger partial charge in [0.25, 0.3) is 11.8 Å². The van der Waals surface area contributed by atoms with Gasteiger partial charge in [-0.3, -0.25) is 20.4 Å². The van der Waals surface area contributed by atoms with Crippen LogP contribution in [0, 0.1) is 6.92 Å². The fraction of sp³-hybridized carbons (Fsp3) is 0.200. The zero-order valence-corrected chi connectivity index (χ0v) is 8.97. The van der Waals surface area contributed by atoms with Gasteiger partial charge in [-0.05, 0) is 19.1 Å². The minimum Gasteiger partial charge on any atom is -0.272 e. The fourth-order valence-corrected chi connectivity index (χ4v) is 1.09. The summed E-state index contributed by atoms with van der Waals surface area (Å²) in [6.45, 7) is 1.88. The van der Waals surface area contributed by atoms with Crippen LogP contribution in [0.25, 0.3) is 0 Å². The smallest absolute Gasteiger partial charge is 0.269 e. The van der Waals surface area contributed by atoms with E-state index < -0.39 is 5.91 Å². The maximum Gasteiger partial charge on any atom is 0.269 e. The highest BCUT2D eigenvalue weighted by Crippen LogP contribution is 2.02. The second-order valence-electron chi connectivity index (χ2n) is 3.01. The molecule has 1 aromatic rings. The van der Waals surface area contributed by atoms with Gasteiger partial charge < -0.3 is 0 Å². The Bertz CT molecular complexity index is 379. The Balaban J connectivity index is 2.58. The van der Waals surface area contributed by atoms with Gasteiger partial charge in [0.15, 0.2) is 0 Å². The molecule has 0 atom stereocenters. The van der Waals surface area contributed by atoms with Crippen molar-refractivity contribution in [2.75, 3.05) is 5.88 Å². The lowest BCUT2D eigenvalue weighted by Gasteiger charge is -2.05. The molecule has 2 N–H and O–H groups in total. The van der Waals surface area contributed by atoms with E-state index in [0.717, 1.165) is 5.56 Å². The van der Waals surface area contributed by atoms with Crippen molar-refractivity contribution in [2.24, 2.45) is 0 Å². The van der Waals surface area contributed by atoms with Gasteiger partial charge in [-0.25, -0.2) is 0 Å². The molecule has 5 heteroatoms. The second-order valence-corrected chi connectivity index (χ2v) is 3.27. The summed E-state index contributed by atoms with van der Waals surface area (Å²) in [6, 6.07) is 7.04. The molecule has 0 saturated heterocycles. The Morgan fingerprint density at radius 2 is 2.07 bits per heavy atom. The molecular weight excluding hydrogens is 216 g/mol. The predicted octanol–water partition coefficient (Wildman–Crippen LogP) is 0.995. The van der Waals surface area contributed by atoms with Crippen LogP contribution in [-0.4, -0.2) is 17.7 Å². The third-order valence-corrected chi connectivity index (χ3v) is 1.96. The molecule has 80 valence electrons. The molecular formula is C10H11ClN2O2. The molecule has 4 nitrogen and oxygen atoms in total. The summed E-state index contributed by atoms with van der Waals surface area (Å²) in [5, 5.41) is 0. The van der Waals surface area contributed by atoms with Gasteiger partial charge in [0.2, 0.25) is 0 Å². The number of alkyl halides is 1. The van der Waals surface area contributed by atoms with Crippen molar-refractivity contribution < 1.29 is 9.59 Å². The van der Waals surface area contributed by atoms with E-state index in [4.69, 9.17) is 11.6 Å². The number of rotatable bonds is 2. The van der Waals surface area contributed by atoms with Crippen LogP contribution in [0.2, 0.25) is 0 Å². The quantitative estimate of drug-likeness (QED) is 0.584. The number of hydrogen-bond acceptors (Lipinski definition) is 2. The topological polar surface area (TPSA) is 58.2 Å². The first-order chi connectivity index (χ1) is 7.13. The van der Waals surface area contributed by atoms with Gasteiger partial charge in [-0.2, -0.15) is 0 Å². The molecule has 0 fully saturated rings. The van der Waals surface area contributed by atoms with E-state index in [9.17, 15) is 9.59 Å². The van der Waals surface area contributed by atoms with Crippen LogP contribution in [0.15, 0.2) is 24.3 Å².